The largest absolute Gasteiger partial charge is 0.483 e. The number of nitrogens with one attached hydrogen (secondary N) is 1. The van der Waals surface area contributed by atoms with Crippen molar-refractivity contribution in [3.05, 3.63) is 29.3 Å². The molecule has 0 aliphatic rings. The molecule has 0 unspecified atom stereocenters. The Morgan fingerprint density at radius 3 is 2.71 bits per heavy atom. The van der Waals surface area contributed by atoms with Gasteiger partial charge in [0.1, 0.15) is 5.75 Å². The molecule has 1 aromatic carbocycles. The van der Waals surface area contributed by atoms with Crippen LogP contribution in [0.5, 0.6) is 5.75 Å². The third-order valence-electron chi connectivity index (χ3n) is 2.16. The van der Waals surface area contributed by atoms with Gasteiger partial charge >= 0.3 is 0 Å². The van der Waals surface area contributed by atoms with E-state index in [4.69, 9.17) is 10.5 Å². The SMILES string of the molecule is Cc1ccc(C)c(OCC(=O)NCC(N)=O)c1. The number of nitrogens with two attached hydrogens (primary N) is 1. The lowest BCUT2D eigenvalue weighted by Crippen LogP contribution is -2.36. The second-order valence-electron chi connectivity index (χ2n) is 3.80. The van der Waals surface area contributed by atoms with Crippen molar-refractivity contribution in [1.82, 2.24) is 5.32 Å². The number of hydrogen-bond donors (Lipinski definition) is 2. The van der Waals surface area contributed by atoms with Crippen molar-refractivity contribution in [1.29, 1.82) is 0 Å². The first-order chi connectivity index (χ1) is 7.99. The first kappa shape index (κ1) is 13.0. The molecule has 3 N–H and O–H groups in total. The number of ether oxygens (including phenoxy) is 1. The summed E-state index contributed by atoms with van der Waals surface area (Å²) in [7, 11) is 0. The predicted molar refractivity (Wildman–Crippen MR) is 63.6 cm³/mol. The standard InChI is InChI=1S/C12H16N2O3/c1-8-3-4-9(2)10(5-8)17-7-12(16)14-6-11(13)15/h3-5H,6-7H2,1-2H3,(H2,13,15)(H,14,16). The molecule has 0 saturated heterocycles. The number of carbonyl (C=O) groups excluding carboxylic acids is 2. The molecule has 0 fully saturated rings. The Hall–Kier alpha value is -2.04. The second kappa shape index (κ2) is 5.89. The molecule has 5 heteroatoms. The van der Waals surface area contributed by atoms with Crippen molar-refractivity contribution in [2.75, 3.05) is 13.2 Å². The molecule has 0 aliphatic carbocycles. The van der Waals surface area contributed by atoms with Gasteiger partial charge in [-0.15, -0.1) is 0 Å². The van der Waals surface area contributed by atoms with Crippen molar-refractivity contribution < 1.29 is 14.3 Å². The van der Waals surface area contributed by atoms with Crippen LogP contribution in [0, 0.1) is 13.8 Å². The van der Waals surface area contributed by atoms with Crippen molar-refractivity contribution in [2.24, 2.45) is 5.73 Å². The van der Waals surface area contributed by atoms with Gasteiger partial charge < -0.3 is 15.8 Å². The van der Waals surface area contributed by atoms with Crippen LogP contribution in [0.3, 0.4) is 0 Å². The Kier molecular flexibility index (Phi) is 4.51. The fourth-order valence-electron chi connectivity index (χ4n) is 1.24. The zero-order chi connectivity index (χ0) is 12.8. The third kappa shape index (κ3) is 4.55. The number of benzene rings is 1. The maximum Gasteiger partial charge on any atom is 0.258 e. The second-order valence-corrected chi connectivity index (χ2v) is 3.80. The van der Waals surface area contributed by atoms with Crippen LogP contribution >= 0.6 is 0 Å². The van der Waals surface area contributed by atoms with E-state index in [9.17, 15) is 9.59 Å². The maximum absolute atomic E-state index is 11.3. The van der Waals surface area contributed by atoms with E-state index in [0.717, 1.165) is 11.1 Å². The van der Waals surface area contributed by atoms with Crippen LogP contribution in [0.25, 0.3) is 0 Å². The molecule has 92 valence electrons. The molecule has 0 bridgehead atoms. The van der Waals surface area contributed by atoms with Gasteiger partial charge in [-0.2, -0.15) is 0 Å². The number of aryl methyl sites for hydroxylation is 2. The summed E-state index contributed by atoms with van der Waals surface area (Å²) >= 11 is 0. The summed E-state index contributed by atoms with van der Waals surface area (Å²) in [4.78, 5) is 21.7. The highest BCUT2D eigenvalue weighted by molar-refractivity contribution is 5.84. The first-order valence-corrected chi connectivity index (χ1v) is 5.24. The zero-order valence-corrected chi connectivity index (χ0v) is 9.95. The molecule has 0 radical (unpaired) electrons. The molecule has 1 aromatic rings. The molecule has 17 heavy (non-hydrogen) atoms. The molecule has 2 amide bonds. The maximum atomic E-state index is 11.3. The molecule has 5 nitrogen and oxygen atoms in total. The smallest absolute Gasteiger partial charge is 0.258 e. The Labute approximate surface area is 99.9 Å². The molecule has 0 spiro atoms. The van der Waals surface area contributed by atoms with Crippen LogP contribution in [-0.4, -0.2) is 25.0 Å². The Balaban J connectivity index is 2.47. The molecule has 1 rings (SSSR count). The summed E-state index contributed by atoms with van der Waals surface area (Å²) in [6.07, 6.45) is 0. The van der Waals surface area contributed by atoms with E-state index >= 15 is 0 Å². The van der Waals surface area contributed by atoms with Gasteiger partial charge in [-0.25, -0.2) is 0 Å². The number of carbonyl (C=O) groups is 2. The number of amides is 2. The summed E-state index contributed by atoms with van der Waals surface area (Å²) in [5, 5.41) is 2.35. The highest BCUT2D eigenvalue weighted by atomic mass is 16.5. The van der Waals surface area contributed by atoms with Gasteiger partial charge in [0.05, 0.1) is 6.54 Å². The summed E-state index contributed by atoms with van der Waals surface area (Å²) in [5.74, 6) is -0.283. The van der Waals surface area contributed by atoms with Gasteiger partial charge in [0.15, 0.2) is 6.61 Å². The Bertz CT molecular complexity index is 430. The van der Waals surface area contributed by atoms with Crippen LogP contribution in [0.1, 0.15) is 11.1 Å². The van der Waals surface area contributed by atoms with Gasteiger partial charge in [-0.3, -0.25) is 9.59 Å². The van der Waals surface area contributed by atoms with Crippen molar-refractivity contribution in [3.8, 4) is 5.75 Å². The average molecular weight is 236 g/mol. The quantitative estimate of drug-likeness (QED) is 0.770. The normalized spacial score (nSPS) is 9.76. The van der Waals surface area contributed by atoms with E-state index < -0.39 is 5.91 Å². The number of primary amides is 1. The minimum absolute atomic E-state index is 0.127. The third-order valence-corrected chi connectivity index (χ3v) is 2.16. The van der Waals surface area contributed by atoms with Gasteiger partial charge in [-0.05, 0) is 31.0 Å². The van der Waals surface area contributed by atoms with Crippen LogP contribution in [0.15, 0.2) is 18.2 Å². The van der Waals surface area contributed by atoms with E-state index in [0.29, 0.717) is 5.75 Å². The fraction of sp³-hybridized carbons (Fsp3) is 0.333. The monoisotopic (exact) mass is 236 g/mol. The lowest BCUT2D eigenvalue weighted by atomic mass is 10.1. The van der Waals surface area contributed by atoms with Gasteiger partial charge in [0.2, 0.25) is 5.91 Å². The zero-order valence-electron chi connectivity index (χ0n) is 9.95. The molecule has 0 saturated carbocycles. The van der Waals surface area contributed by atoms with E-state index in [-0.39, 0.29) is 19.1 Å². The van der Waals surface area contributed by atoms with Crippen molar-refractivity contribution >= 4 is 11.8 Å². The average Bonchev–Trinajstić information content (AvgIpc) is 2.27. The van der Waals surface area contributed by atoms with E-state index in [1.165, 1.54) is 0 Å². The van der Waals surface area contributed by atoms with Gasteiger partial charge in [0, 0.05) is 0 Å². The minimum Gasteiger partial charge on any atom is -0.483 e. The molecular formula is C12H16N2O3. The van der Waals surface area contributed by atoms with Crippen molar-refractivity contribution in [3.63, 3.8) is 0 Å². The highest BCUT2D eigenvalue weighted by Crippen LogP contribution is 2.18. The first-order valence-electron chi connectivity index (χ1n) is 5.24. The Morgan fingerprint density at radius 1 is 1.35 bits per heavy atom. The molecule has 0 aliphatic heterocycles. The van der Waals surface area contributed by atoms with Crippen LogP contribution in [0.2, 0.25) is 0 Å². The summed E-state index contributed by atoms with van der Waals surface area (Å²) < 4.78 is 5.35. The Morgan fingerprint density at radius 2 is 2.06 bits per heavy atom. The fourth-order valence-corrected chi connectivity index (χ4v) is 1.24. The van der Waals surface area contributed by atoms with Gasteiger partial charge in [-0.1, -0.05) is 12.1 Å². The number of hydrogen-bond acceptors (Lipinski definition) is 3. The minimum atomic E-state index is -0.579. The summed E-state index contributed by atoms with van der Waals surface area (Å²) in [6.45, 7) is 3.54. The predicted octanol–water partition coefficient (Wildman–Crippen LogP) is 0.284. The number of rotatable bonds is 5. The summed E-state index contributed by atoms with van der Waals surface area (Å²) in [5.41, 5.74) is 6.91. The van der Waals surface area contributed by atoms with Crippen molar-refractivity contribution in [2.45, 2.75) is 13.8 Å². The van der Waals surface area contributed by atoms with Crippen LogP contribution in [0.4, 0.5) is 0 Å². The topological polar surface area (TPSA) is 81.4 Å². The molecular weight excluding hydrogens is 220 g/mol. The molecule has 0 atom stereocenters. The van der Waals surface area contributed by atoms with Crippen LogP contribution < -0.4 is 15.8 Å². The highest BCUT2D eigenvalue weighted by Gasteiger charge is 2.05. The lowest BCUT2D eigenvalue weighted by Gasteiger charge is -2.09. The van der Waals surface area contributed by atoms with E-state index in [1.807, 2.05) is 32.0 Å². The van der Waals surface area contributed by atoms with E-state index in [1.54, 1.807) is 0 Å². The molecule has 0 aromatic heterocycles. The van der Waals surface area contributed by atoms with Gasteiger partial charge in [0.25, 0.3) is 5.91 Å². The van der Waals surface area contributed by atoms with Crippen LogP contribution in [-0.2, 0) is 9.59 Å². The molecule has 0 heterocycles. The lowest BCUT2D eigenvalue weighted by molar-refractivity contribution is -0.126. The van der Waals surface area contributed by atoms with E-state index in [2.05, 4.69) is 5.32 Å². The summed E-state index contributed by atoms with van der Waals surface area (Å²) in [6, 6.07) is 5.75.